The summed E-state index contributed by atoms with van der Waals surface area (Å²) in [7, 11) is -7.46. The van der Waals surface area contributed by atoms with Gasteiger partial charge in [-0.25, -0.2) is 3.63 Å². The molecule has 0 aromatic rings. The van der Waals surface area contributed by atoms with E-state index in [4.69, 9.17) is 0 Å². The highest BCUT2D eigenvalue weighted by Crippen LogP contribution is 2.54. The first-order valence-electron chi connectivity index (χ1n) is 3.92. The van der Waals surface area contributed by atoms with E-state index in [2.05, 4.69) is 3.63 Å². The van der Waals surface area contributed by atoms with Crippen molar-refractivity contribution in [3.05, 3.63) is 0 Å². The molecule has 0 aliphatic carbocycles. The van der Waals surface area contributed by atoms with Gasteiger partial charge in [-0.05, 0) is 19.1 Å². The van der Waals surface area contributed by atoms with Crippen molar-refractivity contribution in [2.24, 2.45) is 0 Å². The van der Waals surface area contributed by atoms with Gasteiger partial charge >= 0.3 is 15.6 Å². The van der Waals surface area contributed by atoms with Crippen LogP contribution in [-0.2, 0) is 13.7 Å². The monoisotopic (exact) mass is 252 g/mol. The van der Waals surface area contributed by atoms with Gasteiger partial charge in [-0.2, -0.15) is 21.6 Å². The molecular weight excluding hydrogens is 241 g/mol. The van der Waals surface area contributed by atoms with Gasteiger partial charge < -0.3 is 0 Å². The minimum Gasteiger partial charge on any atom is -0.213 e. The first-order chi connectivity index (χ1) is 6.16. The fourth-order valence-corrected chi connectivity index (χ4v) is 5.66. The summed E-state index contributed by atoms with van der Waals surface area (Å²) in [6.45, 7) is 0. The van der Waals surface area contributed by atoms with Crippen molar-refractivity contribution in [1.29, 1.82) is 0 Å². The number of alkyl halides is 3. The van der Waals surface area contributed by atoms with Crippen LogP contribution in [0.25, 0.3) is 0 Å². The molecule has 0 radical (unpaired) electrons. The molecule has 0 atom stereocenters. The van der Waals surface area contributed by atoms with Crippen LogP contribution < -0.4 is 0 Å². The summed E-state index contributed by atoms with van der Waals surface area (Å²) in [5.41, 5.74) is -5.30. The summed E-state index contributed by atoms with van der Waals surface area (Å²) in [4.78, 5) is 0. The molecule has 86 valence electrons. The van der Waals surface area contributed by atoms with E-state index in [0.29, 0.717) is 11.5 Å². The molecule has 0 aromatic carbocycles. The van der Waals surface area contributed by atoms with Crippen LogP contribution in [0.1, 0.15) is 12.8 Å². The minimum absolute atomic E-state index is 0.433. The Bertz CT molecular complexity index is 303. The third-order valence-electron chi connectivity index (χ3n) is 1.94. The van der Waals surface area contributed by atoms with Crippen LogP contribution in [0, 0.1) is 0 Å². The SMILES string of the molecule is CS1(OS(=O)(=O)C(F)(F)F)CCCC1. The molecule has 1 fully saturated rings. The second-order valence-corrected chi connectivity index (χ2v) is 8.37. The largest absolute Gasteiger partial charge is 0.523 e. The van der Waals surface area contributed by atoms with Gasteiger partial charge in [0.2, 0.25) is 0 Å². The van der Waals surface area contributed by atoms with E-state index < -0.39 is 25.9 Å². The van der Waals surface area contributed by atoms with Gasteiger partial charge in [0, 0.05) is 11.5 Å². The van der Waals surface area contributed by atoms with Crippen molar-refractivity contribution >= 4 is 20.4 Å². The summed E-state index contributed by atoms with van der Waals surface area (Å²) in [6.07, 6.45) is 2.95. The molecule has 0 amide bonds. The van der Waals surface area contributed by atoms with Crippen LogP contribution in [0.3, 0.4) is 0 Å². The van der Waals surface area contributed by atoms with E-state index in [1.165, 1.54) is 6.26 Å². The van der Waals surface area contributed by atoms with Gasteiger partial charge in [0.25, 0.3) is 0 Å². The third kappa shape index (κ3) is 2.54. The average molecular weight is 252 g/mol. The van der Waals surface area contributed by atoms with E-state index in [-0.39, 0.29) is 0 Å². The zero-order valence-corrected chi connectivity index (χ0v) is 9.14. The normalized spacial score (nSPS) is 24.9. The molecule has 14 heavy (non-hydrogen) atoms. The van der Waals surface area contributed by atoms with Crippen molar-refractivity contribution in [3.8, 4) is 0 Å². The molecule has 0 unspecified atom stereocenters. The standard InChI is InChI=1S/C6H11F3O3S2/c1-13(4-2-3-5-13)12-14(10,11)6(7,8)9/h2-5H2,1H3. The first kappa shape index (κ1) is 12.1. The minimum atomic E-state index is -5.40. The quantitative estimate of drug-likeness (QED) is 0.706. The molecule has 1 aliphatic rings. The van der Waals surface area contributed by atoms with Crippen LogP contribution in [0.2, 0.25) is 0 Å². The van der Waals surface area contributed by atoms with Gasteiger partial charge in [-0.1, -0.05) is 0 Å². The molecular formula is C6H11F3O3S2. The second-order valence-electron chi connectivity index (χ2n) is 3.27. The van der Waals surface area contributed by atoms with Gasteiger partial charge in [0.1, 0.15) is 0 Å². The van der Waals surface area contributed by atoms with Crippen LogP contribution in [0.5, 0.6) is 0 Å². The van der Waals surface area contributed by atoms with E-state index in [1.807, 2.05) is 0 Å². The van der Waals surface area contributed by atoms with Gasteiger partial charge in [0.15, 0.2) is 0 Å². The molecule has 0 bridgehead atoms. The topological polar surface area (TPSA) is 43.4 Å². The average Bonchev–Trinajstić information content (AvgIpc) is 2.31. The number of hydrogen-bond donors (Lipinski definition) is 0. The number of halogens is 3. The maximum Gasteiger partial charge on any atom is 0.523 e. The van der Waals surface area contributed by atoms with Crippen molar-refractivity contribution in [3.63, 3.8) is 0 Å². The lowest BCUT2D eigenvalue weighted by Gasteiger charge is -2.29. The predicted octanol–water partition coefficient (Wildman–Crippen LogP) is 2.00. The van der Waals surface area contributed by atoms with Crippen molar-refractivity contribution in [1.82, 2.24) is 0 Å². The zero-order valence-electron chi connectivity index (χ0n) is 7.50. The maximum atomic E-state index is 12.0. The Morgan fingerprint density at radius 1 is 1.21 bits per heavy atom. The molecule has 1 aliphatic heterocycles. The summed E-state index contributed by atoms with van der Waals surface area (Å²) >= 11 is 0. The molecule has 3 nitrogen and oxygen atoms in total. The lowest BCUT2D eigenvalue weighted by atomic mass is 10.4. The molecule has 8 heteroatoms. The molecule has 0 N–H and O–H groups in total. The smallest absolute Gasteiger partial charge is 0.213 e. The fourth-order valence-electron chi connectivity index (χ4n) is 1.24. The Labute approximate surface area is 82.3 Å². The third-order valence-corrected chi connectivity index (χ3v) is 6.84. The van der Waals surface area contributed by atoms with Crippen molar-refractivity contribution in [2.75, 3.05) is 17.8 Å². The van der Waals surface area contributed by atoms with Crippen molar-refractivity contribution in [2.45, 2.75) is 18.3 Å². The second kappa shape index (κ2) is 3.57. The number of hydrogen-bond acceptors (Lipinski definition) is 3. The van der Waals surface area contributed by atoms with E-state index >= 15 is 0 Å². The fraction of sp³-hybridized carbons (Fsp3) is 1.00. The molecule has 1 rings (SSSR count). The van der Waals surface area contributed by atoms with Crippen LogP contribution >= 0.6 is 10.3 Å². The van der Waals surface area contributed by atoms with E-state index in [0.717, 1.165) is 12.8 Å². The van der Waals surface area contributed by atoms with Crippen LogP contribution in [0.15, 0.2) is 0 Å². The van der Waals surface area contributed by atoms with Crippen molar-refractivity contribution < 1.29 is 25.2 Å². The Kier molecular flexibility index (Phi) is 3.09. The van der Waals surface area contributed by atoms with Crippen LogP contribution in [0.4, 0.5) is 13.2 Å². The lowest BCUT2D eigenvalue weighted by Crippen LogP contribution is -2.27. The number of rotatable bonds is 2. The highest BCUT2D eigenvalue weighted by atomic mass is 32.3. The van der Waals surface area contributed by atoms with E-state index in [1.54, 1.807) is 0 Å². The molecule has 0 spiro atoms. The summed E-state index contributed by atoms with van der Waals surface area (Å²) < 4.78 is 61.5. The summed E-state index contributed by atoms with van der Waals surface area (Å²) in [5, 5.41) is 0. The molecule has 0 aromatic heterocycles. The molecule has 1 heterocycles. The predicted molar refractivity (Wildman–Crippen MR) is 48.5 cm³/mol. The Balaban J connectivity index is 2.78. The highest BCUT2D eigenvalue weighted by Gasteiger charge is 2.50. The first-order valence-corrected chi connectivity index (χ1v) is 7.64. The Morgan fingerprint density at radius 3 is 2.00 bits per heavy atom. The Morgan fingerprint density at radius 2 is 1.64 bits per heavy atom. The molecule has 1 saturated heterocycles. The highest BCUT2D eigenvalue weighted by molar-refractivity contribution is 8.32. The van der Waals surface area contributed by atoms with Gasteiger partial charge in [-0.15, -0.1) is 10.3 Å². The van der Waals surface area contributed by atoms with Gasteiger partial charge in [0.05, 0.1) is 0 Å². The molecule has 0 saturated carbocycles. The summed E-state index contributed by atoms with van der Waals surface area (Å²) in [5.74, 6) is 0.866. The van der Waals surface area contributed by atoms with E-state index in [9.17, 15) is 21.6 Å². The maximum absolute atomic E-state index is 12.0. The Hall–Kier alpha value is 0.0500. The lowest BCUT2D eigenvalue weighted by molar-refractivity contribution is -0.0495. The summed E-state index contributed by atoms with van der Waals surface area (Å²) in [6, 6.07) is 0. The zero-order chi connectivity index (χ0) is 11.0. The van der Waals surface area contributed by atoms with Crippen LogP contribution in [-0.4, -0.2) is 31.7 Å². The van der Waals surface area contributed by atoms with Gasteiger partial charge in [-0.3, -0.25) is 0 Å².